The summed E-state index contributed by atoms with van der Waals surface area (Å²) in [6.07, 6.45) is 3.62. The van der Waals surface area contributed by atoms with Crippen molar-refractivity contribution in [2.45, 2.75) is 6.54 Å². The molecule has 76 valence electrons. The fourth-order valence-electron chi connectivity index (χ4n) is 1.40. The summed E-state index contributed by atoms with van der Waals surface area (Å²) in [5.41, 5.74) is 8.94. The van der Waals surface area contributed by atoms with Crippen LogP contribution in [-0.4, -0.2) is 4.98 Å². The van der Waals surface area contributed by atoms with Crippen molar-refractivity contribution in [3.8, 4) is 11.1 Å². The van der Waals surface area contributed by atoms with Gasteiger partial charge in [-0.1, -0.05) is 24.3 Å². The van der Waals surface area contributed by atoms with Crippen molar-refractivity contribution in [3.63, 3.8) is 0 Å². The van der Waals surface area contributed by atoms with Crippen LogP contribution in [0.15, 0.2) is 47.2 Å². The van der Waals surface area contributed by atoms with E-state index in [2.05, 4.69) is 33.0 Å². The van der Waals surface area contributed by atoms with Crippen LogP contribution in [0.1, 0.15) is 5.56 Å². The molecule has 0 aliphatic heterocycles. The van der Waals surface area contributed by atoms with E-state index in [1.54, 1.807) is 6.20 Å². The van der Waals surface area contributed by atoms with Gasteiger partial charge in [-0.05, 0) is 33.1 Å². The summed E-state index contributed by atoms with van der Waals surface area (Å²) in [6.45, 7) is 0.580. The summed E-state index contributed by atoms with van der Waals surface area (Å²) in [5, 5.41) is 0. The minimum Gasteiger partial charge on any atom is -0.326 e. The number of rotatable bonds is 2. The Morgan fingerprint density at radius 3 is 2.40 bits per heavy atom. The van der Waals surface area contributed by atoms with Gasteiger partial charge in [0, 0.05) is 29.0 Å². The summed E-state index contributed by atoms with van der Waals surface area (Å²) in [6, 6.07) is 10.2. The van der Waals surface area contributed by atoms with E-state index in [1.807, 2.05) is 24.4 Å². The predicted octanol–water partition coefficient (Wildman–Crippen LogP) is 2.97. The van der Waals surface area contributed by atoms with Crippen molar-refractivity contribution in [1.29, 1.82) is 0 Å². The zero-order valence-electron chi connectivity index (χ0n) is 8.15. The minimum atomic E-state index is 0.580. The first-order valence-corrected chi connectivity index (χ1v) is 5.49. The summed E-state index contributed by atoms with van der Waals surface area (Å²) >= 11 is 3.41. The second-order valence-electron chi connectivity index (χ2n) is 3.29. The van der Waals surface area contributed by atoms with Gasteiger partial charge in [-0.3, -0.25) is 4.98 Å². The van der Waals surface area contributed by atoms with Crippen molar-refractivity contribution in [2.75, 3.05) is 0 Å². The molecule has 3 heteroatoms. The van der Waals surface area contributed by atoms with Crippen molar-refractivity contribution in [2.24, 2.45) is 5.73 Å². The molecular weight excluding hydrogens is 252 g/mol. The van der Waals surface area contributed by atoms with Crippen molar-refractivity contribution < 1.29 is 0 Å². The fraction of sp³-hybridized carbons (Fsp3) is 0.0833. The molecule has 15 heavy (non-hydrogen) atoms. The molecule has 2 aromatic rings. The third kappa shape index (κ3) is 2.43. The highest BCUT2D eigenvalue weighted by Crippen LogP contribution is 2.21. The molecule has 2 nitrogen and oxygen atoms in total. The lowest BCUT2D eigenvalue weighted by atomic mass is 10.1. The maximum atomic E-state index is 5.54. The van der Waals surface area contributed by atoms with E-state index in [9.17, 15) is 0 Å². The molecule has 0 amide bonds. The minimum absolute atomic E-state index is 0.580. The van der Waals surface area contributed by atoms with Crippen molar-refractivity contribution in [3.05, 3.63) is 52.8 Å². The normalized spacial score (nSPS) is 10.3. The van der Waals surface area contributed by atoms with E-state index in [1.165, 1.54) is 0 Å². The Morgan fingerprint density at radius 1 is 1.07 bits per heavy atom. The van der Waals surface area contributed by atoms with Crippen molar-refractivity contribution >= 4 is 15.9 Å². The van der Waals surface area contributed by atoms with Gasteiger partial charge in [0.1, 0.15) is 0 Å². The second kappa shape index (κ2) is 4.55. The molecule has 2 rings (SSSR count). The van der Waals surface area contributed by atoms with Gasteiger partial charge in [-0.25, -0.2) is 0 Å². The molecule has 1 aromatic heterocycles. The van der Waals surface area contributed by atoms with E-state index >= 15 is 0 Å². The largest absolute Gasteiger partial charge is 0.326 e. The van der Waals surface area contributed by atoms with Gasteiger partial charge < -0.3 is 5.73 Å². The number of hydrogen-bond donors (Lipinski definition) is 1. The maximum Gasteiger partial charge on any atom is 0.0410 e. The molecule has 0 radical (unpaired) electrons. The number of nitrogens with zero attached hydrogens (tertiary/aromatic N) is 1. The first-order chi connectivity index (χ1) is 7.29. The van der Waals surface area contributed by atoms with Crippen LogP contribution in [-0.2, 0) is 6.54 Å². The number of halogens is 1. The van der Waals surface area contributed by atoms with Crippen LogP contribution < -0.4 is 5.73 Å². The van der Waals surface area contributed by atoms with Gasteiger partial charge in [0.05, 0.1) is 0 Å². The number of nitrogens with two attached hydrogens (primary N) is 1. The Labute approximate surface area is 97.3 Å². The van der Waals surface area contributed by atoms with Crippen LogP contribution in [0.3, 0.4) is 0 Å². The molecule has 0 saturated carbocycles. The first kappa shape index (κ1) is 10.3. The lowest BCUT2D eigenvalue weighted by Crippen LogP contribution is -1.95. The van der Waals surface area contributed by atoms with Gasteiger partial charge in [0.25, 0.3) is 0 Å². The molecule has 0 bridgehead atoms. The Morgan fingerprint density at radius 2 is 1.80 bits per heavy atom. The maximum absolute atomic E-state index is 5.54. The topological polar surface area (TPSA) is 38.9 Å². The zero-order valence-corrected chi connectivity index (χ0v) is 9.74. The lowest BCUT2D eigenvalue weighted by molar-refractivity contribution is 1.07. The van der Waals surface area contributed by atoms with E-state index in [0.29, 0.717) is 6.54 Å². The molecule has 0 aliphatic rings. The van der Waals surface area contributed by atoms with Crippen LogP contribution in [0.25, 0.3) is 11.1 Å². The predicted molar refractivity (Wildman–Crippen MR) is 65.3 cm³/mol. The van der Waals surface area contributed by atoms with Gasteiger partial charge >= 0.3 is 0 Å². The highest BCUT2D eigenvalue weighted by molar-refractivity contribution is 9.10. The SMILES string of the molecule is NCc1ccc(-c2cncc(Br)c2)cc1. The molecule has 0 spiro atoms. The summed E-state index contributed by atoms with van der Waals surface area (Å²) < 4.78 is 0.989. The number of hydrogen-bond acceptors (Lipinski definition) is 2. The van der Waals surface area contributed by atoms with Crippen LogP contribution in [0.5, 0.6) is 0 Å². The molecule has 2 N–H and O–H groups in total. The van der Waals surface area contributed by atoms with Crippen LogP contribution in [0, 0.1) is 0 Å². The molecule has 0 fully saturated rings. The molecule has 1 aromatic carbocycles. The summed E-state index contributed by atoms with van der Waals surface area (Å²) in [4.78, 5) is 4.13. The average molecular weight is 263 g/mol. The quantitative estimate of drug-likeness (QED) is 0.904. The first-order valence-electron chi connectivity index (χ1n) is 4.69. The lowest BCUT2D eigenvalue weighted by Gasteiger charge is -2.02. The zero-order chi connectivity index (χ0) is 10.7. The van der Waals surface area contributed by atoms with Crippen LogP contribution >= 0.6 is 15.9 Å². The molecule has 0 saturated heterocycles. The molecule has 1 heterocycles. The Kier molecular flexibility index (Phi) is 3.14. The van der Waals surface area contributed by atoms with Gasteiger partial charge in [0.2, 0.25) is 0 Å². The second-order valence-corrected chi connectivity index (χ2v) is 4.21. The Hall–Kier alpha value is -1.19. The Bertz CT molecular complexity index is 451. The monoisotopic (exact) mass is 262 g/mol. The third-order valence-electron chi connectivity index (χ3n) is 2.23. The van der Waals surface area contributed by atoms with Crippen molar-refractivity contribution in [1.82, 2.24) is 4.98 Å². The van der Waals surface area contributed by atoms with Gasteiger partial charge in [-0.15, -0.1) is 0 Å². The van der Waals surface area contributed by atoms with E-state index in [4.69, 9.17) is 5.73 Å². The number of benzene rings is 1. The van der Waals surface area contributed by atoms with Gasteiger partial charge in [0.15, 0.2) is 0 Å². The number of pyridine rings is 1. The van der Waals surface area contributed by atoms with E-state index in [-0.39, 0.29) is 0 Å². The highest BCUT2D eigenvalue weighted by atomic mass is 79.9. The molecule has 0 aliphatic carbocycles. The van der Waals surface area contributed by atoms with Gasteiger partial charge in [-0.2, -0.15) is 0 Å². The standard InChI is InChI=1S/C12H11BrN2/c13-12-5-11(7-15-8-12)10-3-1-9(6-14)2-4-10/h1-5,7-8H,6,14H2. The molecule has 0 unspecified atom stereocenters. The van der Waals surface area contributed by atoms with Crippen LogP contribution in [0.2, 0.25) is 0 Å². The molecular formula is C12H11BrN2. The average Bonchev–Trinajstić information content (AvgIpc) is 2.29. The Balaban J connectivity index is 2.37. The smallest absolute Gasteiger partial charge is 0.0410 e. The summed E-state index contributed by atoms with van der Waals surface area (Å²) in [7, 11) is 0. The number of aromatic nitrogens is 1. The van der Waals surface area contributed by atoms with Crippen LogP contribution in [0.4, 0.5) is 0 Å². The van der Waals surface area contributed by atoms with E-state index < -0.39 is 0 Å². The summed E-state index contributed by atoms with van der Waals surface area (Å²) in [5.74, 6) is 0. The highest BCUT2D eigenvalue weighted by Gasteiger charge is 1.98. The fourth-order valence-corrected chi connectivity index (χ4v) is 1.77. The van der Waals surface area contributed by atoms with E-state index in [0.717, 1.165) is 21.2 Å². The third-order valence-corrected chi connectivity index (χ3v) is 2.66. The molecule has 0 atom stereocenters.